The second kappa shape index (κ2) is 8.31. The Kier molecular flexibility index (Phi) is 5.52. The standard InChI is InChI=1S/C23H25N3O3S2/c1-13(20(27)24-14-11-12-14)30-23-25-21-19(15-7-3-6-10-18(15)31-21)22(28)26(23)16-8-4-5-9-17(16)29-2/h4-5,8-9,13-14H,3,6-7,10-12H2,1-2H3,(H,24,27). The third-order valence-electron chi connectivity index (χ3n) is 5.86. The summed E-state index contributed by atoms with van der Waals surface area (Å²) in [6.45, 7) is 1.87. The summed E-state index contributed by atoms with van der Waals surface area (Å²) in [5.41, 5.74) is 1.73. The summed E-state index contributed by atoms with van der Waals surface area (Å²) in [6.07, 6.45) is 6.26. The van der Waals surface area contributed by atoms with Gasteiger partial charge < -0.3 is 10.1 Å². The van der Waals surface area contributed by atoms with E-state index < -0.39 is 0 Å². The molecule has 1 saturated carbocycles. The molecule has 1 fully saturated rings. The topological polar surface area (TPSA) is 73.2 Å². The SMILES string of the molecule is COc1ccccc1-n1c(SC(C)C(=O)NC2CC2)nc2sc3c(c2c1=O)CCCC3. The van der Waals surface area contributed by atoms with Crippen LogP contribution >= 0.6 is 23.1 Å². The van der Waals surface area contributed by atoms with Crippen LogP contribution in [-0.2, 0) is 17.6 Å². The van der Waals surface area contributed by atoms with E-state index in [1.54, 1.807) is 23.0 Å². The molecule has 0 radical (unpaired) electrons. The summed E-state index contributed by atoms with van der Waals surface area (Å²) in [5.74, 6) is 0.589. The Balaban J connectivity index is 1.67. The van der Waals surface area contributed by atoms with Gasteiger partial charge >= 0.3 is 0 Å². The molecule has 6 nitrogen and oxygen atoms in total. The molecule has 1 aromatic carbocycles. The largest absolute Gasteiger partial charge is 0.495 e. The number of carbonyl (C=O) groups excluding carboxylic acids is 1. The average Bonchev–Trinajstić information content (AvgIpc) is 3.51. The highest BCUT2D eigenvalue weighted by Crippen LogP contribution is 2.36. The van der Waals surface area contributed by atoms with Crippen molar-refractivity contribution in [1.82, 2.24) is 14.9 Å². The van der Waals surface area contributed by atoms with E-state index in [0.717, 1.165) is 54.3 Å². The summed E-state index contributed by atoms with van der Waals surface area (Å²) < 4.78 is 7.19. The first kappa shape index (κ1) is 20.6. The molecule has 0 saturated heterocycles. The second-order valence-electron chi connectivity index (χ2n) is 8.14. The Bertz CT molecular complexity index is 1210. The van der Waals surface area contributed by atoms with Crippen LogP contribution in [0.15, 0.2) is 34.2 Å². The molecule has 2 aliphatic carbocycles. The molecule has 0 spiro atoms. The Morgan fingerprint density at radius 3 is 2.84 bits per heavy atom. The van der Waals surface area contributed by atoms with Crippen LogP contribution in [0.3, 0.4) is 0 Å². The van der Waals surface area contributed by atoms with Gasteiger partial charge in [0.25, 0.3) is 5.56 Å². The summed E-state index contributed by atoms with van der Waals surface area (Å²) in [7, 11) is 1.60. The second-order valence-corrected chi connectivity index (χ2v) is 10.5. The minimum atomic E-state index is -0.361. The van der Waals surface area contributed by atoms with E-state index in [1.807, 2.05) is 31.2 Å². The van der Waals surface area contributed by atoms with E-state index >= 15 is 0 Å². The normalized spacial score (nSPS) is 16.7. The molecule has 31 heavy (non-hydrogen) atoms. The maximum atomic E-state index is 13.9. The number of thiophene rings is 1. The number of para-hydroxylation sites is 2. The molecular formula is C23H25N3O3S2. The summed E-state index contributed by atoms with van der Waals surface area (Å²) >= 11 is 2.96. The van der Waals surface area contributed by atoms with Crippen molar-refractivity contribution in [2.75, 3.05) is 7.11 Å². The number of nitrogens with one attached hydrogen (secondary N) is 1. The van der Waals surface area contributed by atoms with Crippen molar-refractivity contribution >= 4 is 39.2 Å². The lowest BCUT2D eigenvalue weighted by atomic mass is 9.97. The number of benzene rings is 1. The Morgan fingerprint density at radius 1 is 1.29 bits per heavy atom. The molecule has 2 heterocycles. The van der Waals surface area contributed by atoms with Crippen LogP contribution in [0.4, 0.5) is 0 Å². The quantitative estimate of drug-likeness (QED) is 0.448. The van der Waals surface area contributed by atoms with Crippen molar-refractivity contribution in [3.8, 4) is 11.4 Å². The average molecular weight is 456 g/mol. The van der Waals surface area contributed by atoms with E-state index in [2.05, 4.69) is 5.32 Å². The van der Waals surface area contributed by atoms with Gasteiger partial charge in [0.15, 0.2) is 5.16 Å². The monoisotopic (exact) mass is 455 g/mol. The number of fused-ring (bicyclic) bond motifs is 3. The van der Waals surface area contributed by atoms with E-state index in [0.29, 0.717) is 22.6 Å². The lowest BCUT2D eigenvalue weighted by Crippen LogP contribution is -2.33. The first-order chi connectivity index (χ1) is 15.1. The molecule has 1 atom stereocenters. The van der Waals surface area contributed by atoms with Crippen molar-refractivity contribution in [3.05, 3.63) is 45.1 Å². The number of hydrogen-bond acceptors (Lipinski definition) is 6. The van der Waals surface area contributed by atoms with E-state index in [-0.39, 0.29) is 16.7 Å². The maximum Gasteiger partial charge on any atom is 0.267 e. The van der Waals surface area contributed by atoms with Crippen LogP contribution in [0.2, 0.25) is 0 Å². The van der Waals surface area contributed by atoms with E-state index in [4.69, 9.17) is 9.72 Å². The summed E-state index contributed by atoms with van der Waals surface area (Å²) in [4.78, 5) is 33.4. The zero-order valence-electron chi connectivity index (χ0n) is 17.6. The Morgan fingerprint density at radius 2 is 2.06 bits per heavy atom. The molecule has 1 unspecified atom stereocenters. The van der Waals surface area contributed by atoms with Crippen LogP contribution in [0.5, 0.6) is 5.75 Å². The first-order valence-electron chi connectivity index (χ1n) is 10.7. The van der Waals surface area contributed by atoms with Crippen molar-refractivity contribution in [2.45, 2.75) is 61.9 Å². The fourth-order valence-electron chi connectivity index (χ4n) is 4.05. The molecular weight excluding hydrogens is 430 g/mol. The number of ether oxygens (including phenoxy) is 1. The van der Waals surface area contributed by atoms with Crippen molar-refractivity contribution < 1.29 is 9.53 Å². The number of thioether (sulfide) groups is 1. The van der Waals surface area contributed by atoms with Gasteiger partial charge in [-0.1, -0.05) is 23.9 Å². The number of hydrogen-bond donors (Lipinski definition) is 1. The van der Waals surface area contributed by atoms with Gasteiger partial charge in [0.2, 0.25) is 5.91 Å². The molecule has 1 N–H and O–H groups in total. The smallest absolute Gasteiger partial charge is 0.267 e. The van der Waals surface area contributed by atoms with Crippen LogP contribution in [0.25, 0.3) is 15.9 Å². The predicted molar refractivity (Wildman–Crippen MR) is 125 cm³/mol. The lowest BCUT2D eigenvalue weighted by molar-refractivity contribution is -0.120. The first-order valence-corrected chi connectivity index (χ1v) is 12.4. The molecule has 2 aromatic heterocycles. The number of carbonyl (C=O) groups is 1. The third-order valence-corrected chi connectivity index (χ3v) is 8.10. The minimum absolute atomic E-state index is 0.0149. The van der Waals surface area contributed by atoms with Gasteiger partial charge in [-0.3, -0.25) is 14.2 Å². The van der Waals surface area contributed by atoms with Gasteiger partial charge in [0.05, 0.1) is 23.4 Å². The number of amides is 1. The molecule has 0 aliphatic heterocycles. The highest BCUT2D eigenvalue weighted by molar-refractivity contribution is 8.00. The number of aromatic nitrogens is 2. The van der Waals surface area contributed by atoms with Crippen LogP contribution < -0.4 is 15.6 Å². The van der Waals surface area contributed by atoms with Gasteiger partial charge in [-0.05, 0) is 63.1 Å². The predicted octanol–water partition coefficient (Wildman–Crippen LogP) is 4.09. The zero-order chi connectivity index (χ0) is 21.5. The summed E-state index contributed by atoms with van der Waals surface area (Å²) in [6, 6.07) is 7.77. The molecule has 8 heteroatoms. The molecule has 5 rings (SSSR count). The van der Waals surface area contributed by atoms with Crippen molar-refractivity contribution in [1.29, 1.82) is 0 Å². The van der Waals surface area contributed by atoms with Crippen LogP contribution in [0.1, 0.15) is 43.0 Å². The van der Waals surface area contributed by atoms with Gasteiger partial charge in [-0.2, -0.15) is 0 Å². The van der Waals surface area contributed by atoms with Gasteiger partial charge in [0, 0.05) is 10.9 Å². The number of aryl methyl sites for hydroxylation is 2. The van der Waals surface area contributed by atoms with E-state index in [9.17, 15) is 9.59 Å². The fraction of sp³-hybridized carbons (Fsp3) is 0.435. The lowest BCUT2D eigenvalue weighted by Gasteiger charge is -2.17. The number of methoxy groups -OCH3 is 1. The number of nitrogens with zero attached hydrogens (tertiary/aromatic N) is 2. The number of rotatable bonds is 6. The summed E-state index contributed by atoms with van der Waals surface area (Å²) in [5, 5.41) is 3.94. The Labute approximate surface area is 189 Å². The van der Waals surface area contributed by atoms with E-state index in [1.165, 1.54) is 16.6 Å². The maximum absolute atomic E-state index is 13.9. The molecule has 162 valence electrons. The molecule has 2 aliphatic rings. The fourth-order valence-corrected chi connectivity index (χ4v) is 6.28. The van der Waals surface area contributed by atoms with Crippen LogP contribution in [-0.4, -0.2) is 33.9 Å². The van der Waals surface area contributed by atoms with Crippen molar-refractivity contribution in [2.24, 2.45) is 0 Å². The van der Waals surface area contributed by atoms with Gasteiger partial charge in [0.1, 0.15) is 10.6 Å². The third kappa shape index (κ3) is 3.87. The highest BCUT2D eigenvalue weighted by Gasteiger charge is 2.29. The Hall–Kier alpha value is -2.32. The van der Waals surface area contributed by atoms with Gasteiger partial charge in [-0.25, -0.2) is 4.98 Å². The highest BCUT2D eigenvalue weighted by atomic mass is 32.2. The minimum Gasteiger partial charge on any atom is -0.495 e. The molecule has 3 aromatic rings. The molecule has 0 bridgehead atoms. The zero-order valence-corrected chi connectivity index (χ0v) is 19.3. The molecule has 1 amide bonds. The van der Waals surface area contributed by atoms with Gasteiger partial charge in [-0.15, -0.1) is 11.3 Å². The van der Waals surface area contributed by atoms with Crippen LogP contribution in [0, 0.1) is 0 Å². The van der Waals surface area contributed by atoms with Crippen molar-refractivity contribution in [3.63, 3.8) is 0 Å².